The number of benzene rings is 3. The van der Waals surface area contributed by atoms with Crippen molar-refractivity contribution in [3.63, 3.8) is 0 Å². The summed E-state index contributed by atoms with van der Waals surface area (Å²) in [6.07, 6.45) is 4.85. The average Bonchev–Trinajstić information content (AvgIpc) is 3.37. The van der Waals surface area contributed by atoms with Gasteiger partial charge < -0.3 is 14.6 Å². The normalized spacial score (nSPS) is 13.4. The van der Waals surface area contributed by atoms with Crippen LogP contribution in [-0.4, -0.2) is 18.2 Å². The third-order valence-corrected chi connectivity index (χ3v) is 6.08. The number of carbonyl (C=O) groups is 1. The second kappa shape index (κ2) is 11.9. The van der Waals surface area contributed by atoms with E-state index >= 15 is 0 Å². The number of hydrogen-bond acceptors (Lipinski definition) is 6. The molecule has 1 atom stereocenters. The van der Waals surface area contributed by atoms with E-state index in [1.807, 2.05) is 30.3 Å². The third-order valence-electron chi connectivity index (χ3n) is 6.08. The quantitative estimate of drug-likeness (QED) is 0.279. The Labute approximate surface area is 210 Å². The Morgan fingerprint density at radius 2 is 1.78 bits per heavy atom. The number of carboxylic acids is 1. The van der Waals surface area contributed by atoms with Crippen molar-refractivity contribution in [3.8, 4) is 17.6 Å². The number of ether oxygens (including phenoxy) is 2. The van der Waals surface area contributed by atoms with Crippen LogP contribution in [-0.2, 0) is 29.1 Å². The molecule has 1 aliphatic carbocycles. The number of rotatable bonds is 11. The van der Waals surface area contributed by atoms with Crippen molar-refractivity contribution in [2.75, 3.05) is 7.11 Å². The number of nitriles is 1. The highest BCUT2D eigenvalue weighted by Crippen LogP contribution is 2.26. The molecular formula is C29H28N2O5. The van der Waals surface area contributed by atoms with Crippen LogP contribution in [0.2, 0.25) is 0 Å². The zero-order chi connectivity index (χ0) is 25.3. The highest BCUT2D eigenvalue weighted by Gasteiger charge is 2.15. The average molecular weight is 485 g/mol. The molecule has 0 fully saturated rings. The van der Waals surface area contributed by atoms with E-state index in [9.17, 15) is 10.1 Å². The number of nitrogens with one attached hydrogen (secondary N) is 1. The molecule has 7 heteroatoms. The van der Waals surface area contributed by atoms with Crippen molar-refractivity contribution >= 4 is 11.7 Å². The number of hydrogen-bond donors (Lipinski definition) is 2. The molecule has 3 aromatic carbocycles. The van der Waals surface area contributed by atoms with Crippen molar-refractivity contribution in [1.82, 2.24) is 5.48 Å². The summed E-state index contributed by atoms with van der Waals surface area (Å²) >= 11 is 0. The van der Waals surface area contributed by atoms with Crippen LogP contribution in [0, 0.1) is 11.3 Å². The molecule has 3 aromatic rings. The Bertz CT molecular complexity index is 1260. The Balaban J connectivity index is 1.34. The summed E-state index contributed by atoms with van der Waals surface area (Å²) in [5, 5.41) is 18.1. The molecule has 0 heterocycles. The maximum Gasteiger partial charge on any atom is 0.305 e. The van der Waals surface area contributed by atoms with Crippen molar-refractivity contribution in [2.45, 2.75) is 38.2 Å². The summed E-state index contributed by atoms with van der Waals surface area (Å²) < 4.78 is 11.7. The SMILES string of the molecule is CONC(=COc1ccc(COc2ccc(C(C#N)CC(=O)O)cc2)cc1)c1ccc2c(c1)CCC2. The summed E-state index contributed by atoms with van der Waals surface area (Å²) in [7, 11) is 1.57. The standard InChI is InChI=1S/C29H28N2O5/c1-34-31-28(24-8-7-21-3-2-4-23(21)15-24)19-36-26-11-5-20(6-12-26)18-35-27-13-9-22(10-14-27)25(17-30)16-29(32)33/h5-15,19,25,31H,2-4,16,18H2,1H3,(H,32,33). The monoisotopic (exact) mass is 484 g/mol. The molecule has 7 nitrogen and oxygen atoms in total. The lowest BCUT2D eigenvalue weighted by Gasteiger charge is -2.12. The van der Waals surface area contributed by atoms with E-state index in [1.165, 1.54) is 17.5 Å². The van der Waals surface area contributed by atoms with Gasteiger partial charge in [0.25, 0.3) is 0 Å². The summed E-state index contributed by atoms with van der Waals surface area (Å²) in [5.74, 6) is -0.362. The maximum atomic E-state index is 10.9. The van der Waals surface area contributed by atoms with Crippen molar-refractivity contribution in [3.05, 3.63) is 101 Å². The van der Waals surface area contributed by atoms with Gasteiger partial charge >= 0.3 is 5.97 Å². The predicted octanol–water partition coefficient (Wildman–Crippen LogP) is 5.36. The number of aryl methyl sites for hydroxylation is 2. The molecule has 36 heavy (non-hydrogen) atoms. The van der Waals surface area contributed by atoms with E-state index in [-0.39, 0.29) is 6.42 Å². The first-order chi connectivity index (χ1) is 17.6. The van der Waals surface area contributed by atoms with Crippen molar-refractivity contribution in [1.29, 1.82) is 5.26 Å². The van der Waals surface area contributed by atoms with Crippen LogP contribution < -0.4 is 15.0 Å². The summed E-state index contributed by atoms with van der Waals surface area (Å²) in [6, 6.07) is 23.0. The second-order valence-electron chi connectivity index (χ2n) is 8.57. The first kappa shape index (κ1) is 24.8. The van der Waals surface area contributed by atoms with E-state index in [0.29, 0.717) is 23.7 Å². The highest BCUT2D eigenvalue weighted by atomic mass is 16.6. The molecule has 2 N–H and O–H groups in total. The van der Waals surface area contributed by atoms with Crippen LogP contribution >= 0.6 is 0 Å². The van der Waals surface area contributed by atoms with Crippen molar-refractivity contribution < 1.29 is 24.2 Å². The summed E-state index contributed by atoms with van der Waals surface area (Å²) in [4.78, 5) is 16.0. The first-order valence-corrected chi connectivity index (χ1v) is 11.8. The molecule has 0 aliphatic heterocycles. The maximum absolute atomic E-state index is 10.9. The Hall–Kier alpha value is -4.28. The molecule has 1 aliphatic rings. The minimum atomic E-state index is -1.00. The highest BCUT2D eigenvalue weighted by molar-refractivity contribution is 5.68. The number of hydroxylamine groups is 1. The molecule has 184 valence electrons. The fourth-order valence-corrected chi connectivity index (χ4v) is 4.17. The molecule has 0 aromatic heterocycles. The van der Waals surface area contributed by atoms with Crippen LogP contribution in [0.15, 0.2) is 73.0 Å². The van der Waals surface area contributed by atoms with E-state index < -0.39 is 11.9 Å². The van der Waals surface area contributed by atoms with Gasteiger partial charge in [-0.25, -0.2) is 0 Å². The molecule has 0 saturated heterocycles. The smallest absolute Gasteiger partial charge is 0.305 e. The van der Waals surface area contributed by atoms with Crippen LogP contribution in [0.25, 0.3) is 5.70 Å². The van der Waals surface area contributed by atoms with Gasteiger partial charge in [-0.05, 0) is 71.8 Å². The van der Waals surface area contributed by atoms with Crippen LogP contribution in [0.3, 0.4) is 0 Å². The zero-order valence-electron chi connectivity index (χ0n) is 20.1. The van der Waals surface area contributed by atoms with Gasteiger partial charge in [-0.2, -0.15) is 5.26 Å². The van der Waals surface area contributed by atoms with E-state index in [2.05, 4.69) is 23.7 Å². The Morgan fingerprint density at radius 3 is 2.47 bits per heavy atom. The molecule has 0 spiro atoms. The van der Waals surface area contributed by atoms with Gasteiger partial charge in [0, 0.05) is 5.56 Å². The number of aliphatic carboxylic acids is 1. The van der Waals surface area contributed by atoms with Gasteiger partial charge in [0.05, 0.1) is 25.5 Å². The number of nitrogens with zero attached hydrogens (tertiary/aromatic N) is 1. The largest absolute Gasteiger partial charge is 0.489 e. The number of fused-ring (bicyclic) bond motifs is 1. The van der Waals surface area contributed by atoms with Crippen molar-refractivity contribution in [2.24, 2.45) is 0 Å². The van der Waals surface area contributed by atoms with Gasteiger partial charge in [-0.1, -0.05) is 36.4 Å². The Morgan fingerprint density at radius 1 is 1.06 bits per heavy atom. The van der Waals surface area contributed by atoms with Crippen LogP contribution in [0.1, 0.15) is 46.6 Å². The van der Waals surface area contributed by atoms with E-state index in [1.54, 1.807) is 37.6 Å². The van der Waals surface area contributed by atoms with Gasteiger partial charge in [0.15, 0.2) is 0 Å². The molecular weight excluding hydrogens is 456 g/mol. The van der Waals surface area contributed by atoms with Crippen LogP contribution in [0.4, 0.5) is 0 Å². The van der Waals surface area contributed by atoms with Gasteiger partial charge in [-0.3, -0.25) is 15.1 Å². The topological polar surface area (TPSA) is 101 Å². The van der Waals surface area contributed by atoms with Gasteiger partial charge in [0.1, 0.15) is 30.1 Å². The first-order valence-electron chi connectivity index (χ1n) is 11.8. The lowest BCUT2D eigenvalue weighted by molar-refractivity contribution is -0.137. The second-order valence-corrected chi connectivity index (χ2v) is 8.57. The number of carboxylic acid groups (broad SMARTS) is 1. The van der Waals surface area contributed by atoms with Gasteiger partial charge in [-0.15, -0.1) is 0 Å². The minimum absolute atomic E-state index is 0.226. The Kier molecular flexibility index (Phi) is 8.22. The van der Waals surface area contributed by atoms with E-state index in [4.69, 9.17) is 19.4 Å². The minimum Gasteiger partial charge on any atom is -0.489 e. The zero-order valence-corrected chi connectivity index (χ0v) is 20.1. The molecule has 0 radical (unpaired) electrons. The molecule has 0 saturated carbocycles. The fourth-order valence-electron chi connectivity index (χ4n) is 4.17. The molecule has 0 amide bonds. The predicted molar refractivity (Wildman–Crippen MR) is 135 cm³/mol. The lowest BCUT2D eigenvalue weighted by atomic mass is 9.97. The van der Waals surface area contributed by atoms with E-state index in [0.717, 1.165) is 29.7 Å². The molecule has 0 bridgehead atoms. The lowest BCUT2D eigenvalue weighted by Crippen LogP contribution is -2.11. The fraction of sp³-hybridized carbons (Fsp3) is 0.241. The van der Waals surface area contributed by atoms with Gasteiger partial charge in [0.2, 0.25) is 0 Å². The summed E-state index contributed by atoms with van der Waals surface area (Å²) in [5.41, 5.74) is 9.06. The summed E-state index contributed by atoms with van der Waals surface area (Å²) in [6.45, 7) is 0.359. The van der Waals surface area contributed by atoms with Crippen LogP contribution in [0.5, 0.6) is 11.5 Å². The third kappa shape index (κ3) is 6.44. The molecule has 4 rings (SSSR count). The molecule has 1 unspecified atom stereocenters.